The Balaban J connectivity index is 1.98. The lowest BCUT2D eigenvalue weighted by Crippen LogP contribution is -2.02. The molecule has 1 heterocycles. The van der Waals surface area contributed by atoms with E-state index in [0.717, 1.165) is 17.7 Å². The van der Waals surface area contributed by atoms with Crippen LogP contribution in [-0.4, -0.2) is 5.78 Å². The first-order valence-electron chi connectivity index (χ1n) is 6.79. The maximum absolute atomic E-state index is 12.1. The van der Waals surface area contributed by atoms with Crippen LogP contribution in [0.1, 0.15) is 41.9 Å². The fourth-order valence-corrected chi connectivity index (χ4v) is 2.18. The first-order valence-corrected chi connectivity index (χ1v) is 6.79. The molecule has 19 heavy (non-hydrogen) atoms. The molecular weight excluding hydrogens is 236 g/mol. The van der Waals surface area contributed by atoms with Gasteiger partial charge in [0.05, 0.1) is 6.26 Å². The second-order valence-corrected chi connectivity index (χ2v) is 5.30. The molecule has 0 saturated carbocycles. The minimum absolute atomic E-state index is 0.182. The van der Waals surface area contributed by atoms with Crippen molar-refractivity contribution in [1.82, 2.24) is 0 Å². The van der Waals surface area contributed by atoms with E-state index in [9.17, 15) is 4.79 Å². The summed E-state index contributed by atoms with van der Waals surface area (Å²) >= 11 is 0. The number of furan rings is 1. The number of hydrogen-bond donors (Lipinski definition) is 0. The molecule has 0 atom stereocenters. The third-order valence-corrected chi connectivity index (χ3v) is 3.07. The molecule has 2 aromatic rings. The van der Waals surface area contributed by atoms with Gasteiger partial charge in [-0.05, 0) is 36.1 Å². The monoisotopic (exact) mass is 256 g/mol. The van der Waals surface area contributed by atoms with Crippen LogP contribution in [0.5, 0.6) is 0 Å². The zero-order valence-corrected chi connectivity index (χ0v) is 11.6. The number of aryl methyl sites for hydroxylation is 1. The van der Waals surface area contributed by atoms with E-state index in [4.69, 9.17) is 4.42 Å². The number of carbonyl (C=O) groups excluding carboxylic acids is 1. The highest BCUT2D eigenvalue weighted by Gasteiger charge is 2.08. The van der Waals surface area contributed by atoms with Gasteiger partial charge in [0.2, 0.25) is 0 Å². The van der Waals surface area contributed by atoms with Crippen LogP contribution in [0.2, 0.25) is 0 Å². The Kier molecular flexibility index (Phi) is 4.56. The lowest BCUT2D eigenvalue weighted by molar-refractivity contribution is 0.0981. The summed E-state index contributed by atoms with van der Waals surface area (Å²) in [5.74, 6) is 1.65. The van der Waals surface area contributed by atoms with Gasteiger partial charge in [-0.1, -0.05) is 32.0 Å². The first-order chi connectivity index (χ1) is 9.15. The number of rotatable bonds is 6. The van der Waals surface area contributed by atoms with Crippen LogP contribution >= 0.6 is 0 Å². The standard InChI is InChI=1S/C17H20O2/c1-13(2)11-14-5-3-6-15(12-14)17(18)9-8-16-7-4-10-19-16/h3-7,10,12-13H,8-9,11H2,1-2H3. The Morgan fingerprint density at radius 1 is 1.21 bits per heavy atom. The van der Waals surface area contributed by atoms with Crippen molar-refractivity contribution in [3.63, 3.8) is 0 Å². The maximum Gasteiger partial charge on any atom is 0.163 e. The van der Waals surface area contributed by atoms with Crippen LogP contribution < -0.4 is 0 Å². The molecule has 2 rings (SSSR count). The van der Waals surface area contributed by atoms with Crippen molar-refractivity contribution < 1.29 is 9.21 Å². The van der Waals surface area contributed by atoms with Crippen LogP contribution in [0.4, 0.5) is 0 Å². The molecule has 0 aliphatic heterocycles. The van der Waals surface area contributed by atoms with Crippen LogP contribution in [-0.2, 0) is 12.8 Å². The fourth-order valence-electron chi connectivity index (χ4n) is 2.18. The SMILES string of the molecule is CC(C)Cc1cccc(C(=O)CCc2ccco2)c1. The summed E-state index contributed by atoms with van der Waals surface area (Å²) in [6.07, 6.45) is 3.82. The summed E-state index contributed by atoms with van der Waals surface area (Å²) in [5.41, 5.74) is 2.04. The molecule has 1 aromatic carbocycles. The molecule has 0 radical (unpaired) electrons. The molecule has 100 valence electrons. The Bertz CT molecular complexity index is 524. The van der Waals surface area contributed by atoms with Gasteiger partial charge < -0.3 is 4.42 Å². The van der Waals surface area contributed by atoms with E-state index in [0.29, 0.717) is 18.8 Å². The van der Waals surface area contributed by atoms with E-state index in [2.05, 4.69) is 19.9 Å². The van der Waals surface area contributed by atoms with Gasteiger partial charge >= 0.3 is 0 Å². The van der Waals surface area contributed by atoms with Gasteiger partial charge in [0, 0.05) is 18.4 Å². The number of carbonyl (C=O) groups is 1. The van der Waals surface area contributed by atoms with Crippen molar-refractivity contribution in [1.29, 1.82) is 0 Å². The largest absolute Gasteiger partial charge is 0.469 e. The van der Waals surface area contributed by atoms with E-state index in [1.54, 1.807) is 6.26 Å². The van der Waals surface area contributed by atoms with E-state index in [1.165, 1.54) is 5.56 Å². The van der Waals surface area contributed by atoms with Crippen LogP contribution in [0.25, 0.3) is 0 Å². The molecule has 0 aliphatic carbocycles. The van der Waals surface area contributed by atoms with Gasteiger partial charge in [-0.2, -0.15) is 0 Å². The molecule has 1 aromatic heterocycles. The van der Waals surface area contributed by atoms with Gasteiger partial charge in [-0.25, -0.2) is 0 Å². The minimum Gasteiger partial charge on any atom is -0.469 e. The summed E-state index contributed by atoms with van der Waals surface area (Å²) in [7, 11) is 0. The van der Waals surface area contributed by atoms with Gasteiger partial charge in [-0.3, -0.25) is 4.79 Å². The number of hydrogen-bond acceptors (Lipinski definition) is 2. The summed E-state index contributed by atoms with van der Waals surface area (Å²) in [6.45, 7) is 4.37. The minimum atomic E-state index is 0.182. The molecule has 0 unspecified atom stereocenters. The number of Topliss-reactive ketones (excluding diaryl/α,β-unsaturated/α-hetero) is 1. The molecule has 0 fully saturated rings. The molecule has 0 N–H and O–H groups in total. The molecule has 0 saturated heterocycles. The molecule has 2 heteroatoms. The zero-order valence-electron chi connectivity index (χ0n) is 11.6. The van der Waals surface area contributed by atoms with Crippen molar-refractivity contribution in [3.05, 3.63) is 59.5 Å². The highest BCUT2D eigenvalue weighted by molar-refractivity contribution is 5.96. The third-order valence-electron chi connectivity index (χ3n) is 3.07. The molecule has 0 bridgehead atoms. The van der Waals surface area contributed by atoms with E-state index < -0.39 is 0 Å². The van der Waals surface area contributed by atoms with Crippen LogP contribution in [0.15, 0.2) is 47.1 Å². The molecule has 0 amide bonds. The van der Waals surface area contributed by atoms with Crippen molar-refractivity contribution in [2.45, 2.75) is 33.1 Å². The Morgan fingerprint density at radius 3 is 2.74 bits per heavy atom. The van der Waals surface area contributed by atoms with Crippen molar-refractivity contribution in [3.8, 4) is 0 Å². The fraction of sp³-hybridized carbons (Fsp3) is 0.353. The zero-order chi connectivity index (χ0) is 13.7. The van der Waals surface area contributed by atoms with Crippen LogP contribution in [0, 0.1) is 5.92 Å². The van der Waals surface area contributed by atoms with E-state index in [-0.39, 0.29) is 5.78 Å². The van der Waals surface area contributed by atoms with Crippen molar-refractivity contribution >= 4 is 5.78 Å². The molecular formula is C17H20O2. The Hall–Kier alpha value is -1.83. The lowest BCUT2D eigenvalue weighted by atomic mass is 9.98. The van der Waals surface area contributed by atoms with Gasteiger partial charge in [0.25, 0.3) is 0 Å². The Labute approximate surface area is 114 Å². The second kappa shape index (κ2) is 6.37. The van der Waals surface area contributed by atoms with E-state index in [1.807, 2.05) is 30.3 Å². The van der Waals surface area contributed by atoms with Gasteiger partial charge in [-0.15, -0.1) is 0 Å². The highest BCUT2D eigenvalue weighted by Crippen LogP contribution is 2.13. The maximum atomic E-state index is 12.1. The van der Waals surface area contributed by atoms with Gasteiger partial charge in [0.15, 0.2) is 5.78 Å². The summed E-state index contributed by atoms with van der Waals surface area (Å²) in [6, 6.07) is 11.7. The third kappa shape index (κ3) is 4.09. The quantitative estimate of drug-likeness (QED) is 0.721. The number of ketones is 1. The van der Waals surface area contributed by atoms with Gasteiger partial charge in [0.1, 0.15) is 5.76 Å². The van der Waals surface area contributed by atoms with Crippen molar-refractivity contribution in [2.24, 2.45) is 5.92 Å². The molecule has 0 spiro atoms. The number of benzene rings is 1. The molecule has 2 nitrogen and oxygen atoms in total. The average molecular weight is 256 g/mol. The average Bonchev–Trinajstić information content (AvgIpc) is 2.88. The van der Waals surface area contributed by atoms with Crippen molar-refractivity contribution in [2.75, 3.05) is 0 Å². The summed E-state index contributed by atoms with van der Waals surface area (Å²) < 4.78 is 5.24. The lowest BCUT2D eigenvalue weighted by Gasteiger charge is -2.07. The Morgan fingerprint density at radius 2 is 2.05 bits per heavy atom. The molecule has 0 aliphatic rings. The van der Waals surface area contributed by atoms with E-state index >= 15 is 0 Å². The summed E-state index contributed by atoms with van der Waals surface area (Å²) in [4.78, 5) is 12.1. The predicted octanol–water partition coefficient (Wildman–Crippen LogP) is 4.29. The predicted molar refractivity (Wildman–Crippen MR) is 76.3 cm³/mol. The normalized spacial score (nSPS) is 10.9. The summed E-state index contributed by atoms with van der Waals surface area (Å²) in [5, 5.41) is 0. The first kappa shape index (κ1) is 13.6. The second-order valence-electron chi connectivity index (χ2n) is 5.30. The topological polar surface area (TPSA) is 30.2 Å². The smallest absolute Gasteiger partial charge is 0.163 e. The highest BCUT2D eigenvalue weighted by atomic mass is 16.3. The van der Waals surface area contributed by atoms with Crippen LogP contribution in [0.3, 0.4) is 0 Å².